The van der Waals surface area contributed by atoms with E-state index in [4.69, 9.17) is 4.74 Å². The number of benzene rings is 1. The summed E-state index contributed by atoms with van der Waals surface area (Å²) < 4.78 is 6.73. The van der Waals surface area contributed by atoms with E-state index in [1.807, 2.05) is 64.0 Å². The summed E-state index contributed by atoms with van der Waals surface area (Å²) in [6.45, 7) is 5.92. The molecule has 0 N–H and O–H groups in total. The highest BCUT2D eigenvalue weighted by Gasteiger charge is 2.28. The zero-order valence-electron chi connectivity index (χ0n) is 13.2. The lowest BCUT2D eigenvalue weighted by atomic mass is 10.0. The van der Waals surface area contributed by atoms with Gasteiger partial charge in [-0.15, -0.1) is 11.3 Å². The van der Waals surface area contributed by atoms with Gasteiger partial charge in [0.05, 0.1) is 10.2 Å². The summed E-state index contributed by atoms with van der Waals surface area (Å²) in [6.07, 6.45) is -0.323. The minimum absolute atomic E-state index is 0.193. The van der Waals surface area contributed by atoms with Gasteiger partial charge in [0.2, 0.25) is 0 Å². The van der Waals surface area contributed by atoms with Gasteiger partial charge in [0.1, 0.15) is 11.0 Å². The smallest absolute Gasteiger partial charge is 0.324 e. The third kappa shape index (κ3) is 3.60. The molecule has 0 radical (unpaired) electrons. The summed E-state index contributed by atoms with van der Waals surface area (Å²) in [5, 5.41) is 0.839. The van der Waals surface area contributed by atoms with E-state index in [1.165, 1.54) is 0 Å². The first-order valence-electron chi connectivity index (χ1n) is 7.12. The molecule has 21 heavy (non-hydrogen) atoms. The number of aromatic nitrogens is 1. The molecule has 4 nitrogen and oxygen atoms in total. The van der Waals surface area contributed by atoms with Gasteiger partial charge in [-0.2, -0.15) is 0 Å². The maximum absolute atomic E-state index is 12.3. The molecule has 5 heteroatoms. The number of nitrogens with zero attached hydrogens (tertiary/aromatic N) is 2. The molecule has 0 spiro atoms. The third-order valence-electron chi connectivity index (χ3n) is 3.38. The predicted molar refractivity (Wildman–Crippen MR) is 86.4 cm³/mol. The van der Waals surface area contributed by atoms with Crippen molar-refractivity contribution in [1.29, 1.82) is 0 Å². The Kier molecular flexibility index (Phi) is 4.96. The second kappa shape index (κ2) is 6.54. The van der Waals surface area contributed by atoms with Gasteiger partial charge in [-0.05, 0) is 39.1 Å². The molecule has 2 aromatic rings. The molecule has 2 unspecified atom stereocenters. The van der Waals surface area contributed by atoms with Crippen LogP contribution in [0.4, 0.5) is 0 Å². The Morgan fingerprint density at radius 2 is 1.90 bits per heavy atom. The van der Waals surface area contributed by atoms with E-state index in [9.17, 15) is 4.79 Å². The monoisotopic (exact) mass is 306 g/mol. The molecular formula is C16H22N2O2S. The largest absolute Gasteiger partial charge is 0.454 e. The Morgan fingerprint density at radius 3 is 2.48 bits per heavy atom. The summed E-state index contributed by atoms with van der Waals surface area (Å²) in [5.41, 5.74) is 0.952. The molecule has 0 fully saturated rings. The summed E-state index contributed by atoms with van der Waals surface area (Å²) in [4.78, 5) is 18.8. The molecule has 2 rings (SSSR count). The van der Waals surface area contributed by atoms with Crippen molar-refractivity contribution in [3.05, 3.63) is 29.3 Å². The van der Waals surface area contributed by atoms with Crippen molar-refractivity contribution >= 4 is 27.5 Å². The molecule has 1 heterocycles. The Bertz CT molecular complexity index is 581. The Morgan fingerprint density at radius 1 is 1.24 bits per heavy atom. The number of hydrogen-bond donors (Lipinski definition) is 0. The predicted octanol–water partition coefficient (Wildman–Crippen LogP) is 3.49. The number of likely N-dealkylation sites (N-methyl/N-ethyl adjacent to an activating group) is 1. The number of carbonyl (C=O) groups excluding carboxylic acids is 1. The van der Waals surface area contributed by atoms with E-state index >= 15 is 0 Å². The molecule has 0 aliphatic heterocycles. The molecule has 114 valence electrons. The van der Waals surface area contributed by atoms with Crippen LogP contribution in [-0.2, 0) is 9.53 Å². The average Bonchev–Trinajstić information content (AvgIpc) is 2.81. The van der Waals surface area contributed by atoms with Crippen LogP contribution in [0.25, 0.3) is 10.2 Å². The molecule has 1 aromatic heterocycles. The summed E-state index contributed by atoms with van der Waals surface area (Å²) in [6, 6.07) is 7.72. The first-order valence-corrected chi connectivity index (χ1v) is 7.94. The zero-order valence-corrected chi connectivity index (χ0v) is 14.0. The van der Waals surface area contributed by atoms with Gasteiger partial charge in [-0.25, -0.2) is 4.98 Å². The van der Waals surface area contributed by atoms with Gasteiger partial charge in [0, 0.05) is 0 Å². The number of para-hydroxylation sites is 1. The number of thiazole rings is 1. The van der Waals surface area contributed by atoms with E-state index in [1.54, 1.807) is 11.3 Å². The van der Waals surface area contributed by atoms with E-state index in [0.29, 0.717) is 0 Å². The van der Waals surface area contributed by atoms with Crippen molar-refractivity contribution in [3.63, 3.8) is 0 Å². The van der Waals surface area contributed by atoms with Crippen molar-refractivity contribution in [2.45, 2.75) is 32.9 Å². The lowest BCUT2D eigenvalue weighted by Crippen LogP contribution is -2.41. The lowest BCUT2D eigenvalue weighted by Gasteiger charge is -2.26. The van der Waals surface area contributed by atoms with Crippen LogP contribution in [0, 0.1) is 5.92 Å². The Labute approximate surface area is 129 Å². The van der Waals surface area contributed by atoms with Gasteiger partial charge in [0.15, 0.2) is 6.10 Å². The van der Waals surface area contributed by atoms with Gasteiger partial charge in [0.25, 0.3) is 0 Å². The van der Waals surface area contributed by atoms with Crippen LogP contribution >= 0.6 is 11.3 Å². The van der Waals surface area contributed by atoms with Crippen molar-refractivity contribution in [2.75, 3.05) is 14.1 Å². The SMILES string of the molecule is CC(OC(=O)C(C(C)C)N(C)C)c1nc2ccccc2s1. The van der Waals surface area contributed by atoms with Crippen molar-refractivity contribution in [2.24, 2.45) is 5.92 Å². The summed E-state index contributed by atoms with van der Waals surface area (Å²) in [7, 11) is 3.79. The number of fused-ring (bicyclic) bond motifs is 1. The van der Waals surface area contributed by atoms with E-state index in [0.717, 1.165) is 15.2 Å². The van der Waals surface area contributed by atoms with Crippen molar-refractivity contribution in [3.8, 4) is 0 Å². The van der Waals surface area contributed by atoms with Crippen LogP contribution in [0.5, 0.6) is 0 Å². The van der Waals surface area contributed by atoms with Crippen LogP contribution < -0.4 is 0 Å². The summed E-state index contributed by atoms with van der Waals surface area (Å²) >= 11 is 1.57. The highest BCUT2D eigenvalue weighted by Crippen LogP contribution is 2.28. The molecule has 0 aliphatic carbocycles. The number of hydrogen-bond acceptors (Lipinski definition) is 5. The topological polar surface area (TPSA) is 42.4 Å². The van der Waals surface area contributed by atoms with E-state index in [-0.39, 0.29) is 24.0 Å². The highest BCUT2D eigenvalue weighted by molar-refractivity contribution is 7.18. The molecule has 0 bridgehead atoms. The first kappa shape index (κ1) is 15.9. The van der Waals surface area contributed by atoms with Gasteiger partial charge in [-0.3, -0.25) is 9.69 Å². The molecule has 0 saturated heterocycles. The van der Waals surface area contributed by atoms with Crippen LogP contribution in [0.15, 0.2) is 24.3 Å². The number of rotatable bonds is 5. The quantitative estimate of drug-likeness (QED) is 0.793. The molecule has 1 aromatic carbocycles. The average molecular weight is 306 g/mol. The fourth-order valence-corrected chi connectivity index (χ4v) is 3.39. The first-order chi connectivity index (χ1) is 9.90. The number of ether oxygens (including phenoxy) is 1. The normalized spacial score (nSPS) is 14.6. The van der Waals surface area contributed by atoms with Crippen LogP contribution in [0.3, 0.4) is 0 Å². The van der Waals surface area contributed by atoms with Crippen LogP contribution in [0.1, 0.15) is 31.9 Å². The van der Waals surface area contributed by atoms with Gasteiger partial charge >= 0.3 is 5.97 Å². The van der Waals surface area contributed by atoms with Crippen LogP contribution in [0.2, 0.25) is 0 Å². The zero-order chi connectivity index (χ0) is 15.6. The standard InChI is InChI=1S/C16H22N2O2S/c1-10(2)14(18(4)5)16(19)20-11(3)15-17-12-8-6-7-9-13(12)21-15/h6-11,14H,1-5H3. The second-order valence-electron chi connectivity index (χ2n) is 5.75. The molecule has 0 saturated carbocycles. The van der Waals surface area contributed by atoms with Crippen molar-refractivity contribution in [1.82, 2.24) is 9.88 Å². The van der Waals surface area contributed by atoms with E-state index in [2.05, 4.69) is 4.98 Å². The minimum atomic E-state index is -0.323. The van der Waals surface area contributed by atoms with Crippen LogP contribution in [-0.4, -0.2) is 36.0 Å². The Balaban J connectivity index is 2.13. The second-order valence-corrected chi connectivity index (χ2v) is 6.81. The fraction of sp³-hybridized carbons (Fsp3) is 0.500. The lowest BCUT2D eigenvalue weighted by molar-refractivity contribution is -0.155. The molecule has 0 amide bonds. The van der Waals surface area contributed by atoms with Gasteiger partial charge in [-0.1, -0.05) is 26.0 Å². The highest BCUT2D eigenvalue weighted by atomic mass is 32.1. The Hall–Kier alpha value is -1.46. The minimum Gasteiger partial charge on any atom is -0.454 e. The number of carbonyl (C=O) groups is 1. The molecule has 2 atom stereocenters. The summed E-state index contributed by atoms with van der Waals surface area (Å²) in [5.74, 6) is 0.0109. The fourth-order valence-electron chi connectivity index (χ4n) is 2.44. The maximum Gasteiger partial charge on any atom is 0.324 e. The molecule has 0 aliphatic rings. The van der Waals surface area contributed by atoms with Crippen molar-refractivity contribution < 1.29 is 9.53 Å². The molecular weight excluding hydrogens is 284 g/mol. The van der Waals surface area contributed by atoms with Gasteiger partial charge < -0.3 is 4.74 Å². The van der Waals surface area contributed by atoms with E-state index < -0.39 is 0 Å². The number of esters is 1. The third-order valence-corrected chi connectivity index (χ3v) is 4.58. The maximum atomic E-state index is 12.3.